The van der Waals surface area contributed by atoms with E-state index in [0.29, 0.717) is 16.4 Å². The average molecular weight is 318 g/mol. The summed E-state index contributed by atoms with van der Waals surface area (Å²) in [5.74, 6) is 0. The Morgan fingerprint density at radius 3 is 2.62 bits per heavy atom. The molecular formula is C16H16ClN3S. The fourth-order valence-corrected chi connectivity index (χ4v) is 3.20. The van der Waals surface area contributed by atoms with Crippen LogP contribution < -0.4 is 5.73 Å². The molecule has 0 aliphatic heterocycles. The van der Waals surface area contributed by atoms with Gasteiger partial charge in [-0.2, -0.15) is 0 Å². The Labute approximate surface area is 134 Å². The van der Waals surface area contributed by atoms with Gasteiger partial charge in [0.2, 0.25) is 5.69 Å². The third kappa shape index (κ3) is 3.92. The normalized spacial score (nSPS) is 10.6. The molecule has 2 aromatic carbocycles. The van der Waals surface area contributed by atoms with Crippen LogP contribution in [0.25, 0.3) is 4.85 Å². The lowest BCUT2D eigenvalue weighted by Crippen LogP contribution is -2.11. The van der Waals surface area contributed by atoms with Crippen LogP contribution in [0.2, 0.25) is 5.02 Å². The first-order valence-electron chi connectivity index (χ1n) is 6.38. The zero-order chi connectivity index (χ0) is 15.4. The molecule has 0 aliphatic rings. The number of nitrogen functional groups attached to an aromatic ring is 1. The van der Waals surface area contributed by atoms with E-state index in [4.69, 9.17) is 23.9 Å². The SMILES string of the molecule is [C-]#[N+]c1cc(N)c(Sc2ccccc2CN(C)C)cc1Cl. The van der Waals surface area contributed by atoms with Crippen LogP contribution in [0.15, 0.2) is 46.2 Å². The van der Waals surface area contributed by atoms with E-state index in [1.807, 2.05) is 26.2 Å². The highest BCUT2D eigenvalue weighted by Crippen LogP contribution is 2.39. The maximum Gasteiger partial charge on any atom is 0.207 e. The molecule has 0 saturated carbocycles. The number of nitrogens with zero attached hydrogens (tertiary/aromatic N) is 2. The molecule has 5 heteroatoms. The summed E-state index contributed by atoms with van der Waals surface area (Å²) >= 11 is 7.68. The fourth-order valence-electron chi connectivity index (χ4n) is 1.93. The van der Waals surface area contributed by atoms with Crippen molar-refractivity contribution in [2.75, 3.05) is 19.8 Å². The second-order valence-corrected chi connectivity index (χ2v) is 6.39. The lowest BCUT2D eigenvalue weighted by atomic mass is 10.2. The first-order valence-corrected chi connectivity index (χ1v) is 7.57. The lowest BCUT2D eigenvalue weighted by molar-refractivity contribution is 0.399. The molecule has 108 valence electrons. The van der Waals surface area contributed by atoms with Crippen LogP contribution in [0, 0.1) is 6.57 Å². The fraction of sp³-hybridized carbons (Fsp3) is 0.188. The Kier molecular flexibility index (Phi) is 5.13. The number of hydrogen-bond donors (Lipinski definition) is 1. The number of halogens is 1. The van der Waals surface area contributed by atoms with Gasteiger partial charge in [0, 0.05) is 27.0 Å². The second kappa shape index (κ2) is 6.86. The van der Waals surface area contributed by atoms with Crippen molar-refractivity contribution in [2.45, 2.75) is 16.3 Å². The maximum absolute atomic E-state index is 7.06. The Hall–Kier alpha value is -1.67. The van der Waals surface area contributed by atoms with Crippen molar-refractivity contribution in [2.24, 2.45) is 0 Å². The first-order chi connectivity index (χ1) is 10.0. The van der Waals surface area contributed by atoms with Crippen LogP contribution in [0.5, 0.6) is 0 Å². The van der Waals surface area contributed by atoms with Crippen LogP contribution in [0.1, 0.15) is 5.56 Å². The van der Waals surface area contributed by atoms with Gasteiger partial charge in [-0.05, 0) is 37.9 Å². The second-order valence-electron chi connectivity index (χ2n) is 4.90. The molecule has 3 nitrogen and oxygen atoms in total. The van der Waals surface area contributed by atoms with Gasteiger partial charge in [-0.15, -0.1) is 0 Å². The summed E-state index contributed by atoms with van der Waals surface area (Å²) in [5.41, 5.74) is 8.23. The van der Waals surface area contributed by atoms with Crippen molar-refractivity contribution < 1.29 is 0 Å². The molecule has 21 heavy (non-hydrogen) atoms. The van der Waals surface area contributed by atoms with E-state index in [1.54, 1.807) is 23.9 Å². The summed E-state index contributed by atoms with van der Waals surface area (Å²) in [5, 5.41) is 0.437. The molecule has 0 bridgehead atoms. The molecule has 0 amide bonds. The van der Waals surface area contributed by atoms with Crippen molar-refractivity contribution in [3.05, 3.63) is 58.4 Å². The van der Waals surface area contributed by atoms with Crippen LogP contribution in [0.3, 0.4) is 0 Å². The minimum Gasteiger partial charge on any atom is -0.399 e. The third-order valence-corrected chi connectivity index (χ3v) is 4.37. The quantitative estimate of drug-likeness (QED) is 0.656. The minimum atomic E-state index is 0.389. The number of nitrogens with two attached hydrogens (primary N) is 1. The summed E-state index contributed by atoms with van der Waals surface area (Å²) in [6, 6.07) is 11.6. The van der Waals surface area contributed by atoms with E-state index in [1.165, 1.54) is 5.56 Å². The summed E-state index contributed by atoms with van der Waals surface area (Å²) in [6.45, 7) is 7.91. The largest absolute Gasteiger partial charge is 0.399 e. The zero-order valence-corrected chi connectivity index (χ0v) is 13.5. The molecule has 0 aliphatic carbocycles. The molecule has 0 saturated heterocycles. The average Bonchev–Trinajstić information content (AvgIpc) is 2.44. The van der Waals surface area contributed by atoms with Gasteiger partial charge in [-0.3, -0.25) is 0 Å². The standard InChI is InChI=1S/C16H16ClN3S/c1-19-14-9-13(18)16(8-12(14)17)21-15-7-5-4-6-11(15)10-20(2)3/h4-9H,10,18H2,2-3H3. The van der Waals surface area contributed by atoms with E-state index < -0.39 is 0 Å². The Morgan fingerprint density at radius 1 is 1.24 bits per heavy atom. The van der Waals surface area contributed by atoms with E-state index in [2.05, 4.69) is 21.9 Å². The smallest absolute Gasteiger partial charge is 0.207 e. The number of hydrogen-bond acceptors (Lipinski definition) is 3. The third-order valence-electron chi connectivity index (χ3n) is 2.88. The Morgan fingerprint density at radius 2 is 1.95 bits per heavy atom. The minimum absolute atomic E-state index is 0.389. The highest BCUT2D eigenvalue weighted by Gasteiger charge is 2.10. The van der Waals surface area contributed by atoms with Gasteiger partial charge in [0.05, 0.1) is 6.57 Å². The lowest BCUT2D eigenvalue weighted by Gasteiger charge is -2.14. The van der Waals surface area contributed by atoms with Gasteiger partial charge < -0.3 is 10.6 Å². The molecule has 2 rings (SSSR count). The van der Waals surface area contributed by atoms with Crippen molar-refractivity contribution in [1.29, 1.82) is 0 Å². The molecule has 2 N–H and O–H groups in total. The number of anilines is 1. The van der Waals surface area contributed by atoms with Crippen molar-refractivity contribution in [1.82, 2.24) is 4.90 Å². The number of benzene rings is 2. The van der Waals surface area contributed by atoms with Crippen LogP contribution in [-0.4, -0.2) is 19.0 Å². The zero-order valence-electron chi connectivity index (χ0n) is 11.9. The molecule has 0 aromatic heterocycles. The van der Waals surface area contributed by atoms with E-state index >= 15 is 0 Å². The Balaban J connectivity index is 2.35. The van der Waals surface area contributed by atoms with Crippen molar-refractivity contribution in [3.63, 3.8) is 0 Å². The topological polar surface area (TPSA) is 33.6 Å². The monoisotopic (exact) mass is 317 g/mol. The summed E-state index contributed by atoms with van der Waals surface area (Å²) < 4.78 is 0. The van der Waals surface area contributed by atoms with Gasteiger partial charge in [-0.25, -0.2) is 4.85 Å². The van der Waals surface area contributed by atoms with Crippen LogP contribution >= 0.6 is 23.4 Å². The first kappa shape index (κ1) is 15.7. The van der Waals surface area contributed by atoms with Gasteiger partial charge >= 0.3 is 0 Å². The molecule has 0 spiro atoms. The van der Waals surface area contributed by atoms with Crippen molar-refractivity contribution in [3.8, 4) is 0 Å². The molecule has 2 aromatic rings. The summed E-state index contributed by atoms with van der Waals surface area (Å²) in [4.78, 5) is 7.50. The molecule has 0 radical (unpaired) electrons. The molecule has 0 fully saturated rings. The predicted octanol–water partition coefficient (Wildman–Crippen LogP) is 4.69. The maximum atomic E-state index is 7.06. The summed E-state index contributed by atoms with van der Waals surface area (Å²) in [7, 11) is 4.08. The van der Waals surface area contributed by atoms with E-state index in [-0.39, 0.29) is 0 Å². The predicted molar refractivity (Wildman–Crippen MR) is 90.1 cm³/mol. The van der Waals surface area contributed by atoms with Gasteiger partial charge in [-0.1, -0.05) is 41.6 Å². The molecule has 0 heterocycles. The Bertz CT molecular complexity index is 692. The van der Waals surface area contributed by atoms with Crippen LogP contribution in [-0.2, 0) is 6.54 Å². The molecule has 0 unspecified atom stereocenters. The molecular weight excluding hydrogens is 302 g/mol. The van der Waals surface area contributed by atoms with E-state index in [9.17, 15) is 0 Å². The van der Waals surface area contributed by atoms with Gasteiger partial charge in [0.25, 0.3) is 0 Å². The highest BCUT2D eigenvalue weighted by atomic mass is 35.5. The molecule has 0 atom stereocenters. The van der Waals surface area contributed by atoms with Crippen molar-refractivity contribution >= 4 is 34.7 Å². The number of rotatable bonds is 4. The van der Waals surface area contributed by atoms with Gasteiger partial charge in [0.1, 0.15) is 0 Å². The van der Waals surface area contributed by atoms with Gasteiger partial charge in [0.15, 0.2) is 0 Å². The van der Waals surface area contributed by atoms with Crippen LogP contribution in [0.4, 0.5) is 11.4 Å². The van der Waals surface area contributed by atoms with E-state index in [0.717, 1.165) is 16.3 Å². The summed E-state index contributed by atoms with van der Waals surface area (Å²) in [6.07, 6.45) is 0. The highest BCUT2D eigenvalue weighted by molar-refractivity contribution is 7.99.